The zero-order chi connectivity index (χ0) is 11.7. The Morgan fingerprint density at radius 1 is 1.33 bits per heavy atom. The van der Waals surface area contributed by atoms with E-state index in [2.05, 4.69) is 20.8 Å². The summed E-state index contributed by atoms with van der Waals surface area (Å²) in [6.45, 7) is 8.76. The molecule has 0 aliphatic carbocycles. The fourth-order valence-corrected chi connectivity index (χ4v) is 1.48. The summed E-state index contributed by atoms with van der Waals surface area (Å²) in [5.41, 5.74) is 5.46. The van der Waals surface area contributed by atoms with Gasteiger partial charge in [-0.25, -0.2) is 0 Å². The van der Waals surface area contributed by atoms with Crippen LogP contribution in [0.2, 0.25) is 0 Å². The van der Waals surface area contributed by atoms with Crippen LogP contribution in [0.3, 0.4) is 0 Å². The van der Waals surface area contributed by atoms with Crippen molar-refractivity contribution in [3.05, 3.63) is 0 Å². The van der Waals surface area contributed by atoms with Crippen LogP contribution >= 0.6 is 0 Å². The third-order valence-electron chi connectivity index (χ3n) is 2.41. The molecule has 0 radical (unpaired) electrons. The zero-order valence-electron chi connectivity index (χ0n) is 10.5. The van der Waals surface area contributed by atoms with Crippen LogP contribution in [-0.4, -0.2) is 30.4 Å². The number of hydrogen-bond acceptors (Lipinski definition) is 2. The number of carbonyl (C=O) groups excluding carboxylic acids is 1. The predicted molar refractivity (Wildman–Crippen MR) is 64.6 cm³/mol. The number of amides is 1. The van der Waals surface area contributed by atoms with Crippen LogP contribution in [0.15, 0.2) is 0 Å². The minimum Gasteiger partial charge on any atom is -0.343 e. The first-order chi connectivity index (χ1) is 7.11. The van der Waals surface area contributed by atoms with Gasteiger partial charge in [-0.2, -0.15) is 0 Å². The van der Waals surface area contributed by atoms with Crippen molar-refractivity contribution in [1.29, 1.82) is 0 Å². The lowest BCUT2D eigenvalue weighted by Crippen LogP contribution is -2.33. The molecule has 0 aromatic rings. The first-order valence-electron chi connectivity index (χ1n) is 6.09. The monoisotopic (exact) mass is 214 g/mol. The molecule has 0 rings (SSSR count). The van der Waals surface area contributed by atoms with E-state index in [0.29, 0.717) is 24.8 Å². The van der Waals surface area contributed by atoms with E-state index < -0.39 is 0 Å². The first-order valence-corrected chi connectivity index (χ1v) is 6.09. The molecule has 0 fully saturated rings. The second kappa shape index (κ2) is 8.72. The summed E-state index contributed by atoms with van der Waals surface area (Å²) in [4.78, 5) is 13.8. The normalized spacial score (nSPS) is 10.7. The molecule has 3 heteroatoms. The highest BCUT2D eigenvalue weighted by Gasteiger charge is 2.11. The Morgan fingerprint density at radius 2 is 2.00 bits per heavy atom. The van der Waals surface area contributed by atoms with Crippen LogP contribution in [0.25, 0.3) is 0 Å². The Hall–Kier alpha value is -0.570. The summed E-state index contributed by atoms with van der Waals surface area (Å²) in [6, 6.07) is 0. The highest BCUT2D eigenvalue weighted by molar-refractivity contribution is 5.76. The van der Waals surface area contributed by atoms with Crippen molar-refractivity contribution < 1.29 is 4.79 Å². The quantitative estimate of drug-likeness (QED) is 0.672. The van der Waals surface area contributed by atoms with Gasteiger partial charge in [0.2, 0.25) is 5.91 Å². The number of carbonyl (C=O) groups is 1. The molecule has 0 saturated heterocycles. The molecule has 0 spiro atoms. The Morgan fingerprint density at radius 3 is 2.47 bits per heavy atom. The second-order valence-electron chi connectivity index (χ2n) is 4.46. The molecule has 0 unspecified atom stereocenters. The van der Waals surface area contributed by atoms with Gasteiger partial charge in [-0.05, 0) is 31.7 Å². The summed E-state index contributed by atoms with van der Waals surface area (Å²) < 4.78 is 0. The van der Waals surface area contributed by atoms with Crippen molar-refractivity contribution in [2.75, 3.05) is 19.6 Å². The highest BCUT2D eigenvalue weighted by Crippen LogP contribution is 2.07. The summed E-state index contributed by atoms with van der Waals surface area (Å²) in [5.74, 6) is 0.894. The van der Waals surface area contributed by atoms with E-state index in [1.54, 1.807) is 0 Å². The topological polar surface area (TPSA) is 46.3 Å². The minimum atomic E-state index is 0.291. The maximum Gasteiger partial charge on any atom is 0.222 e. The Labute approximate surface area is 94.0 Å². The largest absolute Gasteiger partial charge is 0.343 e. The highest BCUT2D eigenvalue weighted by atomic mass is 16.2. The van der Waals surface area contributed by atoms with Crippen molar-refractivity contribution >= 4 is 5.91 Å². The van der Waals surface area contributed by atoms with Gasteiger partial charge in [-0.3, -0.25) is 4.79 Å². The van der Waals surface area contributed by atoms with E-state index in [1.807, 2.05) is 4.90 Å². The molecule has 1 amide bonds. The number of rotatable bonds is 8. The van der Waals surface area contributed by atoms with E-state index in [9.17, 15) is 4.79 Å². The molecular weight excluding hydrogens is 188 g/mol. The molecule has 0 bridgehead atoms. The Kier molecular flexibility index (Phi) is 8.38. The molecule has 0 aromatic carbocycles. The van der Waals surface area contributed by atoms with Crippen LogP contribution < -0.4 is 5.73 Å². The minimum absolute atomic E-state index is 0.291. The summed E-state index contributed by atoms with van der Waals surface area (Å²) in [5, 5.41) is 0. The van der Waals surface area contributed by atoms with Crippen LogP contribution in [-0.2, 0) is 4.79 Å². The van der Waals surface area contributed by atoms with Crippen molar-refractivity contribution in [2.24, 2.45) is 11.7 Å². The van der Waals surface area contributed by atoms with Crippen molar-refractivity contribution in [3.63, 3.8) is 0 Å². The SMILES string of the molecule is CCCN(CCCN)C(=O)CCC(C)C. The zero-order valence-corrected chi connectivity index (χ0v) is 10.5. The molecular formula is C12H26N2O. The Balaban J connectivity index is 3.92. The van der Waals surface area contributed by atoms with E-state index >= 15 is 0 Å². The fourth-order valence-electron chi connectivity index (χ4n) is 1.48. The summed E-state index contributed by atoms with van der Waals surface area (Å²) in [7, 11) is 0. The van der Waals surface area contributed by atoms with E-state index in [1.165, 1.54) is 0 Å². The molecule has 0 heterocycles. The molecule has 3 nitrogen and oxygen atoms in total. The molecule has 0 saturated carbocycles. The third-order valence-corrected chi connectivity index (χ3v) is 2.41. The fraction of sp³-hybridized carbons (Fsp3) is 0.917. The molecule has 15 heavy (non-hydrogen) atoms. The lowest BCUT2D eigenvalue weighted by Gasteiger charge is -2.22. The van der Waals surface area contributed by atoms with E-state index in [4.69, 9.17) is 5.73 Å². The molecule has 0 aliphatic heterocycles. The smallest absolute Gasteiger partial charge is 0.222 e. The number of nitrogens with two attached hydrogens (primary N) is 1. The first kappa shape index (κ1) is 14.4. The molecule has 90 valence electrons. The van der Waals surface area contributed by atoms with Crippen LogP contribution in [0, 0.1) is 5.92 Å². The van der Waals surface area contributed by atoms with Crippen LogP contribution in [0.5, 0.6) is 0 Å². The van der Waals surface area contributed by atoms with Crippen molar-refractivity contribution in [2.45, 2.75) is 46.5 Å². The van der Waals surface area contributed by atoms with Crippen molar-refractivity contribution in [3.8, 4) is 0 Å². The summed E-state index contributed by atoms with van der Waals surface area (Å²) in [6.07, 6.45) is 3.61. The molecule has 0 atom stereocenters. The maximum absolute atomic E-state index is 11.8. The van der Waals surface area contributed by atoms with E-state index in [0.717, 1.165) is 32.4 Å². The van der Waals surface area contributed by atoms with Gasteiger partial charge in [-0.1, -0.05) is 20.8 Å². The average molecular weight is 214 g/mol. The molecule has 0 aromatic heterocycles. The predicted octanol–water partition coefficient (Wildman–Crippen LogP) is 2.01. The summed E-state index contributed by atoms with van der Waals surface area (Å²) >= 11 is 0. The Bertz CT molecular complexity index is 169. The van der Waals surface area contributed by atoms with Crippen molar-refractivity contribution in [1.82, 2.24) is 4.90 Å². The third kappa shape index (κ3) is 7.37. The van der Waals surface area contributed by atoms with Gasteiger partial charge in [0.05, 0.1) is 0 Å². The number of hydrogen-bond donors (Lipinski definition) is 1. The van der Waals surface area contributed by atoms with Crippen LogP contribution in [0.1, 0.15) is 46.5 Å². The van der Waals surface area contributed by atoms with Gasteiger partial charge in [0, 0.05) is 19.5 Å². The van der Waals surface area contributed by atoms with Gasteiger partial charge in [-0.15, -0.1) is 0 Å². The van der Waals surface area contributed by atoms with Gasteiger partial charge in [0.15, 0.2) is 0 Å². The molecule has 0 aliphatic rings. The lowest BCUT2D eigenvalue weighted by atomic mass is 10.1. The van der Waals surface area contributed by atoms with E-state index in [-0.39, 0.29) is 0 Å². The van der Waals surface area contributed by atoms with Crippen LogP contribution in [0.4, 0.5) is 0 Å². The average Bonchev–Trinajstić information content (AvgIpc) is 2.20. The lowest BCUT2D eigenvalue weighted by molar-refractivity contribution is -0.131. The maximum atomic E-state index is 11.8. The number of nitrogens with zero attached hydrogens (tertiary/aromatic N) is 1. The van der Waals surface area contributed by atoms with Gasteiger partial charge >= 0.3 is 0 Å². The van der Waals surface area contributed by atoms with Gasteiger partial charge < -0.3 is 10.6 Å². The molecule has 2 N–H and O–H groups in total. The second-order valence-corrected chi connectivity index (χ2v) is 4.46. The standard InChI is InChI=1S/C12H26N2O/c1-4-9-14(10-5-8-13)12(15)7-6-11(2)3/h11H,4-10,13H2,1-3H3. The van der Waals surface area contributed by atoms with Gasteiger partial charge in [0.25, 0.3) is 0 Å². The van der Waals surface area contributed by atoms with Gasteiger partial charge in [0.1, 0.15) is 0 Å².